The quantitative estimate of drug-likeness (QED) is 0.381. The molecule has 8 nitrogen and oxygen atoms in total. The highest BCUT2D eigenvalue weighted by atomic mass is 32.2. The van der Waals surface area contributed by atoms with Crippen LogP contribution in [0.4, 0.5) is 5.69 Å². The second kappa shape index (κ2) is 9.90. The number of aromatic hydroxyl groups is 2. The number of hydrogen-bond donors (Lipinski definition) is 2. The number of anilines is 1. The van der Waals surface area contributed by atoms with Crippen molar-refractivity contribution in [3.8, 4) is 11.5 Å². The summed E-state index contributed by atoms with van der Waals surface area (Å²) in [7, 11) is -3.88. The lowest BCUT2D eigenvalue weighted by atomic mass is 9.94. The van der Waals surface area contributed by atoms with E-state index in [0.29, 0.717) is 23.9 Å². The minimum absolute atomic E-state index is 0.127. The number of phenolic OH excluding ortho intramolecular Hbond substituents is 2. The minimum Gasteiger partial charge on any atom is -0.504 e. The highest BCUT2D eigenvalue weighted by Crippen LogP contribution is 2.37. The van der Waals surface area contributed by atoms with Crippen molar-refractivity contribution in [2.45, 2.75) is 23.9 Å². The summed E-state index contributed by atoms with van der Waals surface area (Å²) in [6, 6.07) is 20.0. The molecule has 1 saturated heterocycles. The van der Waals surface area contributed by atoms with Crippen molar-refractivity contribution in [1.29, 1.82) is 0 Å². The number of sulfonamides is 1. The lowest BCUT2D eigenvalue weighted by molar-refractivity contribution is 0.178. The van der Waals surface area contributed by atoms with Crippen LogP contribution in [0.2, 0.25) is 0 Å². The summed E-state index contributed by atoms with van der Waals surface area (Å²) < 4.78 is 30.0. The van der Waals surface area contributed by atoms with Crippen LogP contribution in [-0.4, -0.2) is 71.6 Å². The molecule has 0 spiro atoms. The van der Waals surface area contributed by atoms with Gasteiger partial charge >= 0.3 is 0 Å². The maximum atomic E-state index is 14.2. The van der Waals surface area contributed by atoms with Gasteiger partial charge in [-0.2, -0.15) is 4.31 Å². The number of rotatable bonds is 5. The van der Waals surface area contributed by atoms with Gasteiger partial charge in [0.2, 0.25) is 10.0 Å². The van der Waals surface area contributed by atoms with Crippen LogP contribution in [0.5, 0.6) is 11.5 Å². The topological polar surface area (TPSA) is 97.2 Å². The molecule has 1 unspecified atom stereocenters. The highest BCUT2D eigenvalue weighted by Gasteiger charge is 2.38. The molecule has 6 rings (SSSR count). The predicted octanol–water partition coefficient (Wildman–Crippen LogP) is 3.58. The molecule has 4 aromatic rings. The van der Waals surface area contributed by atoms with Gasteiger partial charge in [0, 0.05) is 74.2 Å². The largest absolute Gasteiger partial charge is 0.504 e. The van der Waals surface area contributed by atoms with Crippen molar-refractivity contribution in [1.82, 2.24) is 14.2 Å². The van der Waals surface area contributed by atoms with Crippen LogP contribution in [0.25, 0.3) is 10.8 Å². The van der Waals surface area contributed by atoms with E-state index in [-0.39, 0.29) is 29.0 Å². The molecule has 196 valence electrons. The van der Waals surface area contributed by atoms with E-state index in [2.05, 4.69) is 26.9 Å². The first-order valence-electron chi connectivity index (χ1n) is 12.8. The summed E-state index contributed by atoms with van der Waals surface area (Å²) in [6.45, 7) is 4.09. The van der Waals surface area contributed by atoms with Gasteiger partial charge < -0.3 is 15.1 Å². The predicted molar refractivity (Wildman–Crippen MR) is 147 cm³/mol. The van der Waals surface area contributed by atoms with E-state index < -0.39 is 10.0 Å². The fourth-order valence-corrected chi connectivity index (χ4v) is 7.47. The Morgan fingerprint density at radius 2 is 1.61 bits per heavy atom. The summed E-state index contributed by atoms with van der Waals surface area (Å²) in [4.78, 5) is 9.08. The van der Waals surface area contributed by atoms with E-state index in [1.54, 1.807) is 41.0 Å². The van der Waals surface area contributed by atoms with Gasteiger partial charge in [0.15, 0.2) is 11.5 Å². The van der Waals surface area contributed by atoms with Crippen LogP contribution in [0.1, 0.15) is 11.1 Å². The lowest BCUT2D eigenvalue weighted by Crippen LogP contribution is -2.54. The second-order valence-corrected chi connectivity index (χ2v) is 11.9. The first-order valence-corrected chi connectivity index (χ1v) is 14.2. The van der Waals surface area contributed by atoms with Crippen molar-refractivity contribution in [2.75, 3.05) is 37.6 Å². The van der Waals surface area contributed by atoms with E-state index in [1.165, 1.54) is 11.8 Å². The molecule has 0 bridgehead atoms. The Hall–Kier alpha value is -3.66. The lowest BCUT2D eigenvalue weighted by Gasteiger charge is -2.42. The molecule has 2 aliphatic rings. The van der Waals surface area contributed by atoms with Gasteiger partial charge in [0.05, 0.1) is 4.90 Å². The number of aromatic nitrogens is 1. The molecule has 1 aromatic heterocycles. The average Bonchev–Trinajstić information content (AvgIpc) is 2.94. The number of hydrogen-bond acceptors (Lipinski definition) is 7. The maximum absolute atomic E-state index is 14.2. The molecule has 0 saturated carbocycles. The Morgan fingerprint density at radius 1 is 0.868 bits per heavy atom. The van der Waals surface area contributed by atoms with Crippen molar-refractivity contribution in [2.24, 2.45) is 0 Å². The molecule has 1 fully saturated rings. The molecule has 3 heterocycles. The Balaban J connectivity index is 1.31. The van der Waals surface area contributed by atoms with E-state index >= 15 is 0 Å². The van der Waals surface area contributed by atoms with Gasteiger partial charge in [-0.1, -0.05) is 30.3 Å². The molecular formula is C29H30N4O4S. The Labute approximate surface area is 222 Å². The fourth-order valence-electron chi connectivity index (χ4n) is 5.66. The average molecular weight is 531 g/mol. The van der Waals surface area contributed by atoms with Crippen LogP contribution in [0, 0.1) is 0 Å². The zero-order valence-electron chi connectivity index (χ0n) is 20.9. The number of pyridine rings is 1. The highest BCUT2D eigenvalue weighted by molar-refractivity contribution is 7.89. The SMILES string of the molecule is O=S(=O)(c1cccc2cnccc12)N1Cc2cc(O)c(O)cc2CC1CN1CCN(c2ccccc2)CC1. The van der Waals surface area contributed by atoms with Crippen LogP contribution in [0.15, 0.2) is 84.0 Å². The minimum atomic E-state index is -3.88. The molecule has 0 aliphatic carbocycles. The van der Waals surface area contributed by atoms with Gasteiger partial charge in [-0.05, 0) is 53.9 Å². The number of para-hydroxylation sites is 1. The van der Waals surface area contributed by atoms with Crippen LogP contribution < -0.4 is 4.90 Å². The summed E-state index contributed by atoms with van der Waals surface area (Å²) in [5.74, 6) is -0.426. The first kappa shape index (κ1) is 24.7. The summed E-state index contributed by atoms with van der Waals surface area (Å²) in [5, 5.41) is 21.7. The molecule has 0 amide bonds. The third kappa shape index (κ3) is 4.57. The molecule has 2 N–H and O–H groups in total. The van der Waals surface area contributed by atoms with Gasteiger partial charge in [-0.25, -0.2) is 8.42 Å². The van der Waals surface area contributed by atoms with E-state index in [1.807, 2.05) is 24.3 Å². The number of nitrogens with zero attached hydrogens (tertiary/aromatic N) is 4. The monoisotopic (exact) mass is 530 g/mol. The van der Waals surface area contributed by atoms with Crippen LogP contribution >= 0.6 is 0 Å². The Morgan fingerprint density at radius 3 is 2.37 bits per heavy atom. The van der Waals surface area contributed by atoms with Gasteiger partial charge in [-0.3, -0.25) is 9.88 Å². The third-order valence-corrected chi connectivity index (χ3v) is 9.63. The number of benzene rings is 3. The Kier molecular flexibility index (Phi) is 6.43. The normalized spacial score (nSPS) is 18.9. The van der Waals surface area contributed by atoms with Crippen molar-refractivity contribution in [3.63, 3.8) is 0 Å². The number of phenols is 2. The smallest absolute Gasteiger partial charge is 0.244 e. The summed E-state index contributed by atoms with van der Waals surface area (Å²) in [5.41, 5.74) is 2.77. The van der Waals surface area contributed by atoms with Crippen LogP contribution in [0.3, 0.4) is 0 Å². The molecule has 38 heavy (non-hydrogen) atoms. The van der Waals surface area contributed by atoms with Crippen molar-refractivity contribution in [3.05, 3.63) is 90.3 Å². The number of fused-ring (bicyclic) bond motifs is 2. The molecule has 1 atom stereocenters. The molecule has 9 heteroatoms. The van der Waals surface area contributed by atoms with Crippen LogP contribution in [-0.2, 0) is 23.0 Å². The van der Waals surface area contributed by atoms with E-state index in [0.717, 1.165) is 37.1 Å². The molecule has 0 radical (unpaired) electrons. The molecular weight excluding hydrogens is 500 g/mol. The first-order chi connectivity index (χ1) is 18.4. The summed E-state index contributed by atoms with van der Waals surface area (Å²) >= 11 is 0. The second-order valence-electron chi connectivity index (χ2n) is 9.99. The number of piperazine rings is 1. The molecule has 3 aromatic carbocycles. The maximum Gasteiger partial charge on any atom is 0.244 e. The zero-order valence-corrected chi connectivity index (χ0v) is 21.8. The summed E-state index contributed by atoms with van der Waals surface area (Å²) in [6.07, 6.45) is 3.73. The van der Waals surface area contributed by atoms with Gasteiger partial charge in [0.25, 0.3) is 0 Å². The third-order valence-electron chi connectivity index (χ3n) is 7.68. The van der Waals surface area contributed by atoms with Crippen molar-refractivity contribution >= 4 is 26.5 Å². The van der Waals surface area contributed by atoms with E-state index in [9.17, 15) is 18.6 Å². The van der Waals surface area contributed by atoms with Gasteiger partial charge in [-0.15, -0.1) is 0 Å². The van der Waals surface area contributed by atoms with Gasteiger partial charge in [0.1, 0.15) is 0 Å². The van der Waals surface area contributed by atoms with E-state index in [4.69, 9.17) is 0 Å². The van der Waals surface area contributed by atoms with Crippen molar-refractivity contribution < 1.29 is 18.6 Å². The standard InChI is InChI=1S/C29H30N4O4S/c34-27-16-22-15-25(20-31-11-13-32(14-12-31)24-6-2-1-3-7-24)33(19-23(22)17-28(27)35)38(36,37)29-8-4-5-21-18-30-10-9-26(21)29/h1-10,16-18,25,34-35H,11-15,19-20H2. The Bertz CT molecular complexity index is 1570. The zero-order chi connectivity index (χ0) is 26.3. The molecule has 2 aliphatic heterocycles. The fraction of sp³-hybridized carbons (Fsp3) is 0.276.